The molecule has 2 aromatic carbocycles. The van der Waals surface area contributed by atoms with E-state index in [0.717, 1.165) is 5.56 Å². The highest BCUT2D eigenvalue weighted by molar-refractivity contribution is 5.91. The van der Waals surface area contributed by atoms with Gasteiger partial charge in [-0.3, -0.25) is 9.59 Å². The fourth-order valence-electron chi connectivity index (χ4n) is 2.11. The Morgan fingerprint density at radius 2 is 1.84 bits per heavy atom. The van der Waals surface area contributed by atoms with E-state index in [1.807, 2.05) is 42.5 Å². The summed E-state index contributed by atoms with van der Waals surface area (Å²) in [6, 6.07) is 16.9. The Labute approximate surface area is 147 Å². The average molecular weight is 338 g/mol. The van der Waals surface area contributed by atoms with Crippen molar-refractivity contribution in [3.05, 3.63) is 66.2 Å². The van der Waals surface area contributed by atoms with Gasteiger partial charge in [0, 0.05) is 25.2 Å². The Hall–Kier alpha value is -3.08. The molecule has 2 rings (SSSR count). The molecule has 0 aliphatic heterocycles. The van der Waals surface area contributed by atoms with Crippen molar-refractivity contribution in [1.82, 2.24) is 5.32 Å². The molecule has 0 unspecified atom stereocenters. The van der Waals surface area contributed by atoms with Crippen molar-refractivity contribution in [3.8, 4) is 5.75 Å². The molecule has 0 atom stereocenters. The lowest BCUT2D eigenvalue weighted by Gasteiger charge is -2.08. The third-order valence-electron chi connectivity index (χ3n) is 3.41. The number of amides is 2. The normalized spacial score (nSPS) is 10.4. The molecule has 25 heavy (non-hydrogen) atoms. The molecular formula is C20H22N2O3. The fraction of sp³-hybridized carbons (Fsp3) is 0.200. The minimum atomic E-state index is -0.209. The molecule has 0 saturated carbocycles. The third kappa shape index (κ3) is 6.91. The van der Waals surface area contributed by atoms with Gasteiger partial charge in [-0.1, -0.05) is 48.6 Å². The van der Waals surface area contributed by atoms with Crippen molar-refractivity contribution in [1.29, 1.82) is 0 Å². The highest BCUT2D eigenvalue weighted by Gasteiger charge is 2.04. The third-order valence-corrected chi connectivity index (χ3v) is 3.41. The van der Waals surface area contributed by atoms with Gasteiger partial charge in [-0.2, -0.15) is 0 Å². The van der Waals surface area contributed by atoms with E-state index in [4.69, 9.17) is 4.74 Å². The smallest absolute Gasteiger partial charge is 0.257 e. The Bertz CT molecular complexity index is 727. The van der Waals surface area contributed by atoms with E-state index in [1.165, 1.54) is 0 Å². The maximum Gasteiger partial charge on any atom is 0.257 e. The summed E-state index contributed by atoms with van der Waals surface area (Å²) in [6.45, 7) is -0.0574. The largest absolute Gasteiger partial charge is 0.484 e. The first-order valence-corrected chi connectivity index (χ1v) is 8.12. The number of benzene rings is 2. The molecule has 0 fully saturated rings. The molecule has 0 heterocycles. The van der Waals surface area contributed by atoms with Crippen molar-refractivity contribution in [2.24, 2.45) is 0 Å². The summed E-state index contributed by atoms with van der Waals surface area (Å²) in [4.78, 5) is 23.2. The molecule has 0 spiro atoms. The van der Waals surface area contributed by atoms with Crippen LogP contribution < -0.4 is 15.4 Å². The van der Waals surface area contributed by atoms with Crippen molar-refractivity contribution in [3.63, 3.8) is 0 Å². The van der Waals surface area contributed by atoms with Crippen LogP contribution in [0.15, 0.2) is 60.7 Å². The number of ether oxygens (including phenoxy) is 1. The zero-order valence-corrected chi connectivity index (χ0v) is 14.2. The van der Waals surface area contributed by atoms with Gasteiger partial charge in [-0.15, -0.1) is 0 Å². The first kappa shape index (κ1) is 18.3. The summed E-state index contributed by atoms with van der Waals surface area (Å²) in [6.07, 6.45) is 5.04. The summed E-state index contributed by atoms with van der Waals surface area (Å²) in [5.74, 6) is 0.256. The van der Waals surface area contributed by atoms with E-state index in [0.29, 0.717) is 24.3 Å². The highest BCUT2D eigenvalue weighted by atomic mass is 16.5. The van der Waals surface area contributed by atoms with Crippen molar-refractivity contribution >= 4 is 23.6 Å². The van der Waals surface area contributed by atoms with Gasteiger partial charge in [-0.05, 0) is 24.1 Å². The number of hydrogen-bond donors (Lipinski definition) is 2. The van der Waals surface area contributed by atoms with Crippen LogP contribution in [0.25, 0.3) is 6.08 Å². The zero-order chi connectivity index (χ0) is 17.9. The Morgan fingerprint density at radius 1 is 1.04 bits per heavy atom. The van der Waals surface area contributed by atoms with E-state index in [9.17, 15) is 9.59 Å². The topological polar surface area (TPSA) is 67.4 Å². The lowest BCUT2D eigenvalue weighted by Crippen LogP contribution is -2.24. The zero-order valence-electron chi connectivity index (χ0n) is 14.2. The molecule has 0 aliphatic rings. The molecule has 0 aliphatic carbocycles. The maximum atomic E-state index is 12.0. The van der Waals surface area contributed by atoms with Crippen LogP contribution in [0, 0.1) is 0 Å². The second-order valence-electron chi connectivity index (χ2n) is 5.39. The molecule has 5 heteroatoms. The van der Waals surface area contributed by atoms with Crippen LogP contribution in [0.3, 0.4) is 0 Å². The molecule has 2 aromatic rings. The Kier molecular flexibility index (Phi) is 7.25. The van der Waals surface area contributed by atoms with Crippen LogP contribution in [-0.4, -0.2) is 25.5 Å². The molecule has 0 saturated heterocycles. The fourth-order valence-corrected chi connectivity index (χ4v) is 2.11. The van der Waals surface area contributed by atoms with Crippen molar-refractivity contribution in [2.45, 2.75) is 12.8 Å². The van der Waals surface area contributed by atoms with Gasteiger partial charge in [0.1, 0.15) is 5.75 Å². The highest BCUT2D eigenvalue weighted by Crippen LogP contribution is 2.17. The average Bonchev–Trinajstić information content (AvgIpc) is 2.64. The summed E-state index contributed by atoms with van der Waals surface area (Å²) < 4.78 is 5.35. The summed E-state index contributed by atoms with van der Waals surface area (Å²) in [5, 5.41) is 5.31. The molecule has 0 bridgehead atoms. The van der Waals surface area contributed by atoms with Gasteiger partial charge in [0.2, 0.25) is 5.91 Å². The van der Waals surface area contributed by atoms with Gasteiger partial charge >= 0.3 is 0 Å². The minimum absolute atomic E-state index is 0.0574. The van der Waals surface area contributed by atoms with E-state index < -0.39 is 0 Å². The van der Waals surface area contributed by atoms with E-state index in [2.05, 4.69) is 10.6 Å². The van der Waals surface area contributed by atoms with Crippen LogP contribution in [0.4, 0.5) is 5.69 Å². The predicted molar refractivity (Wildman–Crippen MR) is 99.3 cm³/mol. The minimum Gasteiger partial charge on any atom is -0.484 e. The van der Waals surface area contributed by atoms with Gasteiger partial charge in [0.25, 0.3) is 5.91 Å². The number of allylic oxidation sites excluding steroid dienone is 1. The maximum absolute atomic E-state index is 12.0. The molecule has 0 aromatic heterocycles. The van der Waals surface area contributed by atoms with Gasteiger partial charge in [-0.25, -0.2) is 0 Å². The van der Waals surface area contributed by atoms with Gasteiger partial charge in [0.15, 0.2) is 6.61 Å². The second kappa shape index (κ2) is 9.93. The van der Waals surface area contributed by atoms with Crippen LogP contribution in [0.5, 0.6) is 5.75 Å². The predicted octanol–water partition coefficient (Wildman–Crippen LogP) is 3.24. The number of carbonyl (C=O) groups is 2. The SMILES string of the molecule is CNC(=O)COc1cccc(NC(=O)CC/C=C/c2ccccc2)c1. The summed E-state index contributed by atoms with van der Waals surface area (Å²) >= 11 is 0. The molecule has 2 amide bonds. The van der Waals surface area contributed by atoms with Gasteiger partial charge < -0.3 is 15.4 Å². The van der Waals surface area contributed by atoms with E-state index >= 15 is 0 Å². The first-order chi connectivity index (χ1) is 12.2. The van der Waals surface area contributed by atoms with Crippen LogP contribution in [-0.2, 0) is 9.59 Å². The lowest BCUT2D eigenvalue weighted by atomic mass is 10.2. The first-order valence-electron chi connectivity index (χ1n) is 8.12. The quantitative estimate of drug-likeness (QED) is 0.776. The number of nitrogens with one attached hydrogen (secondary N) is 2. The monoisotopic (exact) mass is 338 g/mol. The van der Waals surface area contributed by atoms with Crippen LogP contribution in [0.1, 0.15) is 18.4 Å². The van der Waals surface area contributed by atoms with Crippen LogP contribution >= 0.6 is 0 Å². The van der Waals surface area contributed by atoms with E-state index in [1.54, 1.807) is 31.3 Å². The van der Waals surface area contributed by atoms with Crippen molar-refractivity contribution < 1.29 is 14.3 Å². The van der Waals surface area contributed by atoms with Gasteiger partial charge in [0.05, 0.1) is 0 Å². The van der Waals surface area contributed by atoms with E-state index in [-0.39, 0.29) is 18.4 Å². The Balaban J connectivity index is 1.78. The number of hydrogen-bond acceptors (Lipinski definition) is 3. The van der Waals surface area contributed by atoms with Crippen molar-refractivity contribution in [2.75, 3.05) is 19.0 Å². The number of rotatable bonds is 8. The van der Waals surface area contributed by atoms with Crippen LogP contribution in [0.2, 0.25) is 0 Å². The molecule has 5 nitrogen and oxygen atoms in total. The molecular weight excluding hydrogens is 316 g/mol. The number of anilines is 1. The molecule has 2 N–H and O–H groups in total. The number of carbonyl (C=O) groups excluding carboxylic acids is 2. The Morgan fingerprint density at radius 3 is 2.60 bits per heavy atom. The summed E-state index contributed by atoms with van der Waals surface area (Å²) in [7, 11) is 1.55. The number of likely N-dealkylation sites (N-methyl/N-ethyl adjacent to an activating group) is 1. The standard InChI is InChI=1S/C20H22N2O3/c1-21-20(24)15-25-18-12-7-11-17(14-18)22-19(23)13-6-5-10-16-8-3-2-4-9-16/h2-5,7-12,14H,6,13,15H2,1H3,(H,21,24)(H,22,23)/b10-5+. The molecule has 0 radical (unpaired) electrons. The second-order valence-corrected chi connectivity index (χ2v) is 5.39. The summed E-state index contributed by atoms with van der Waals surface area (Å²) in [5.41, 5.74) is 1.76. The molecule has 130 valence electrons. The lowest BCUT2D eigenvalue weighted by molar-refractivity contribution is -0.122.